The van der Waals surface area contributed by atoms with Gasteiger partial charge in [0, 0.05) is 25.0 Å². The van der Waals surface area contributed by atoms with Gasteiger partial charge < -0.3 is 15.0 Å². The fourth-order valence-corrected chi connectivity index (χ4v) is 3.32. The van der Waals surface area contributed by atoms with Gasteiger partial charge in [0.25, 0.3) is 0 Å². The van der Waals surface area contributed by atoms with Crippen LogP contribution in [0.5, 0.6) is 5.88 Å². The summed E-state index contributed by atoms with van der Waals surface area (Å²) in [6.07, 6.45) is 9.47. The van der Waals surface area contributed by atoms with Crippen LogP contribution in [0, 0.1) is 0 Å². The summed E-state index contributed by atoms with van der Waals surface area (Å²) < 4.78 is 7.73. The second-order valence-electron chi connectivity index (χ2n) is 7.01. The molecule has 0 unspecified atom stereocenters. The van der Waals surface area contributed by atoms with E-state index in [4.69, 9.17) is 4.74 Å². The lowest BCUT2D eigenvalue weighted by molar-refractivity contribution is 0.218. The molecule has 0 spiro atoms. The molecule has 1 aromatic carbocycles. The number of benzene rings is 1. The van der Waals surface area contributed by atoms with E-state index in [-0.39, 0.29) is 0 Å². The first-order valence-corrected chi connectivity index (χ1v) is 9.87. The number of nitrogens with one attached hydrogen (secondary N) is 1. The average Bonchev–Trinajstić information content (AvgIpc) is 3.20. The lowest BCUT2D eigenvalue weighted by atomic mass is 10.1. The van der Waals surface area contributed by atoms with Gasteiger partial charge in [0.05, 0.1) is 18.4 Å². The van der Waals surface area contributed by atoms with Crippen molar-refractivity contribution in [1.82, 2.24) is 24.6 Å². The highest BCUT2D eigenvalue weighted by Crippen LogP contribution is 2.16. The largest absolute Gasteiger partial charge is 0.473 e. The minimum atomic E-state index is 0.478. The van der Waals surface area contributed by atoms with Crippen LogP contribution in [0.1, 0.15) is 24.8 Å². The predicted molar refractivity (Wildman–Crippen MR) is 109 cm³/mol. The van der Waals surface area contributed by atoms with Crippen molar-refractivity contribution in [3.63, 3.8) is 0 Å². The summed E-state index contributed by atoms with van der Waals surface area (Å²) in [5.74, 6) is 1.04. The van der Waals surface area contributed by atoms with Crippen LogP contribution in [0.3, 0.4) is 0 Å². The molecule has 1 fully saturated rings. The molecular formula is C21H26N6O. The van der Waals surface area contributed by atoms with E-state index in [1.54, 1.807) is 18.5 Å². The molecule has 0 atom stereocenters. The summed E-state index contributed by atoms with van der Waals surface area (Å²) in [6, 6.07) is 11.8. The third-order valence-electron chi connectivity index (χ3n) is 4.84. The number of ether oxygens (including phenoxy) is 1. The van der Waals surface area contributed by atoms with Crippen molar-refractivity contribution < 1.29 is 4.74 Å². The molecule has 7 nitrogen and oxygen atoms in total. The second kappa shape index (κ2) is 9.32. The van der Waals surface area contributed by atoms with Gasteiger partial charge in [-0.1, -0.05) is 36.8 Å². The van der Waals surface area contributed by atoms with E-state index in [0.29, 0.717) is 18.4 Å². The molecule has 7 heteroatoms. The van der Waals surface area contributed by atoms with E-state index in [1.165, 1.54) is 32.4 Å². The lowest BCUT2D eigenvalue weighted by Gasteiger charge is -2.26. The van der Waals surface area contributed by atoms with Crippen LogP contribution in [0.4, 0.5) is 11.6 Å². The maximum Gasteiger partial charge on any atom is 0.230 e. The second-order valence-corrected chi connectivity index (χ2v) is 7.01. The zero-order valence-corrected chi connectivity index (χ0v) is 16.0. The molecule has 0 aliphatic carbocycles. The number of hydrogen-bond donors (Lipinski definition) is 1. The van der Waals surface area contributed by atoms with Crippen molar-refractivity contribution in [2.75, 3.05) is 25.0 Å². The van der Waals surface area contributed by atoms with Gasteiger partial charge in [-0.15, -0.1) is 0 Å². The highest BCUT2D eigenvalue weighted by atomic mass is 16.5. The molecule has 1 saturated heterocycles. The highest BCUT2D eigenvalue weighted by molar-refractivity contribution is 5.50. The normalized spacial score (nSPS) is 14.7. The van der Waals surface area contributed by atoms with E-state index in [9.17, 15) is 0 Å². The Morgan fingerprint density at radius 1 is 1.00 bits per heavy atom. The van der Waals surface area contributed by atoms with Gasteiger partial charge in [-0.3, -0.25) is 4.68 Å². The summed E-state index contributed by atoms with van der Waals surface area (Å²) >= 11 is 0. The maximum absolute atomic E-state index is 5.76. The summed E-state index contributed by atoms with van der Waals surface area (Å²) in [4.78, 5) is 11.2. The average molecular weight is 378 g/mol. The van der Waals surface area contributed by atoms with Crippen molar-refractivity contribution in [2.45, 2.75) is 32.4 Å². The molecule has 2 aromatic heterocycles. The molecule has 1 aliphatic heterocycles. The summed E-state index contributed by atoms with van der Waals surface area (Å²) in [5.41, 5.74) is 1.98. The minimum Gasteiger partial charge on any atom is -0.473 e. The number of piperidine rings is 1. The Labute approximate surface area is 165 Å². The molecule has 3 heterocycles. The lowest BCUT2D eigenvalue weighted by Crippen LogP contribution is -2.32. The smallest absolute Gasteiger partial charge is 0.230 e. The van der Waals surface area contributed by atoms with Crippen LogP contribution < -0.4 is 10.1 Å². The Balaban J connectivity index is 1.29. The topological polar surface area (TPSA) is 68.1 Å². The number of hydrogen-bond acceptors (Lipinski definition) is 6. The quantitative estimate of drug-likeness (QED) is 0.647. The Morgan fingerprint density at radius 2 is 1.86 bits per heavy atom. The van der Waals surface area contributed by atoms with Crippen LogP contribution >= 0.6 is 0 Å². The summed E-state index contributed by atoms with van der Waals surface area (Å²) in [7, 11) is 0. The standard InChI is InChI=1S/C21H26N6O/c1-3-7-18(8-4-1)17-28-20-9-10-22-21(25-20)24-19-15-23-27(16-19)14-13-26-11-5-2-6-12-26/h1,3-4,7-10,15-16H,2,5-6,11-14,17H2,(H,22,24,25). The third kappa shape index (κ3) is 5.29. The van der Waals surface area contributed by atoms with Crippen molar-refractivity contribution in [3.8, 4) is 5.88 Å². The molecule has 3 aromatic rings. The molecule has 4 rings (SSSR count). The van der Waals surface area contributed by atoms with Gasteiger partial charge in [0.2, 0.25) is 11.8 Å². The Morgan fingerprint density at radius 3 is 2.71 bits per heavy atom. The molecule has 0 amide bonds. The Kier molecular flexibility index (Phi) is 6.14. The van der Waals surface area contributed by atoms with E-state index in [1.807, 2.05) is 41.2 Å². The minimum absolute atomic E-state index is 0.478. The van der Waals surface area contributed by atoms with Crippen molar-refractivity contribution >= 4 is 11.6 Å². The third-order valence-corrected chi connectivity index (χ3v) is 4.84. The molecule has 1 N–H and O–H groups in total. The fourth-order valence-electron chi connectivity index (χ4n) is 3.32. The van der Waals surface area contributed by atoms with E-state index < -0.39 is 0 Å². The zero-order valence-electron chi connectivity index (χ0n) is 16.0. The number of likely N-dealkylation sites (tertiary alicyclic amines) is 1. The Hall–Kier alpha value is -2.93. The van der Waals surface area contributed by atoms with Crippen molar-refractivity contribution in [1.29, 1.82) is 0 Å². The van der Waals surface area contributed by atoms with Gasteiger partial charge in [0.15, 0.2) is 0 Å². The SMILES string of the molecule is c1ccc(COc2ccnc(Nc3cnn(CCN4CCCCC4)c3)n2)cc1. The van der Waals surface area contributed by atoms with Crippen LogP contribution in [0.2, 0.25) is 0 Å². The molecule has 146 valence electrons. The van der Waals surface area contributed by atoms with Gasteiger partial charge in [-0.25, -0.2) is 4.98 Å². The zero-order chi connectivity index (χ0) is 19.0. The highest BCUT2D eigenvalue weighted by Gasteiger charge is 2.10. The van der Waals surface area contributed by atoms with Crippen LogP contribution in [0.25, 0.3) is 0 Å². The van der Waals surface area contributed by atoms with Crippen molar-refractivity contribution in [2.24, 2.45) is 0 Å². The number of anilines is 2. The van der Waals surface area contributed by atoms with Gasteiger partial charge in [0.1, 0.15) is 6.61 Å². The van der Waals surface area contributed by atoms with Crippen molar-refractivity contribution in [3.05, 3.63) is 60.6 Å². The fraction of sp³-hybridized carbons (Fsp3) is 0.381. The van der Waals surface area contributed by atoms with Crippen LogP contribution in [0.15, 0.2) is 55.0 Å². The van der Waals surface area contributed by atoms with Gasteiger partial charge in [-0.2, -0.15) is 10.1 Å². The summed E-state index contributed by atoms with van der Waals surface area (Å²) in [5, 5.41) is 7.64. The molecule has 0 bridgehead atoms. The first-order chi connectivity index (χ1) is 13.8. The maximum atomic E-state index is 5.76. The predicted octanol–water partition coefficient (Wildman–Crippen LogP) is 3.48. The van der Waals surface area contributed by atoms with Gasteiger partial charge >= 0.3 is 0 Å². The van der Waals surface area contributed by atoms with E-state index in [2.05, 4.69) is 25.3 Å². The van der Waals surface area contributed by atoms with Gasteiger partial charge in [-0.05, 0) is 31.5 Å². The van der Waals surface area contributed by atoms with Crippen LogP contribution in [-0.4, -0.2) is 44.3 Å². The number of nitrogens with zero attached hydrogens (tertiary/aromatic N) is 5. The van der Waals surface area contributed by atoms with E-state index >= 15 is 0 Å². The molecular weight excluding hydrogens is 352 g/mol. The first-order valence-electron chi connectivity index (χ1n) is 9.87. The summed E-state index contributed by atoms with van der Waals surface area (Å²) in [6.45, 7) is 4.82. The van der Waals surface area contributed by atoms with E-state index in [0.717, 1.165) is 24.3 Å². The molecule has 28 heavy (non-hydrogen) atoms. The first kappa shape index (κ1) is 18.4. The molecule has 0 saturated carbocycles. The monoisotopic (exact) mass is 378 g/mol. The Bertz CT molecular complexity index is 860. The number of rotatable bonds is 8. The molecule has 0 radical (unpaired) electrons. The molecule has 1 aliphatic rings. The number of aromatic nitrogens is 4. The van der Waals surface area contributed by atoms with Crippen LogP contribution in [-0.2, 0) is 13.2 Å².